The summed E-state index contributed by atoms with van der Waals surface area (Å²) in [5.41, 5.74) is 1.99. The van der Waals surface area contributed by atoms with Crippen LogP contribution in [0.2, 0.25) is 0 Å². The third-order valence-corrected chi connectivity index (χ3v) is 3.08. The highest BCUT2D eigenvalue weighted by Crippen LogP contribution is 2.21. The van der Waals surface area contributed by atoms with Gasteiger partial charge < -0.3 is 19.7 Å². The lowest BCUT2D eigenvalue weighted by Crippen LogP contribution is -2.32. The highest BCUT2D eigenvalue weighted by Gasteiger charge is 2.12. The molecule has 0 heterocycles. The summed E-state index contributed by atoms with van der Waals surface area (Å²) >= 11 is 0. The number of nitrogens with zero attached hydrogens (tertiary/aromatic N) is 1. The van der Waals surface area contributed by atoms with Crippen LogP contribution >= 0.6 is 0 Å². The second-order valence-electron chi connectivity index (χ2n) is 4.53. The zero-order valence-electron chi connectivity index (χ0n) is 12.6. The Balaban J connectivity index is 2.90. The topological polar surface area (TPSA) is 33.7 Å². The molecule has 4 nitrogen and oxygen atoms in total. The predicted octanol–water partition coefficient (Wildman–Crippen LogP) is 2.03. The van der Waals surface area contributed by atoms with Gasteiger partial charge in [-0.3, -0.25) is 0 Å². The van der Waals surface area contributed by atoms with Crippen molar-refractivity contribution in [3.8, 4) is 0 Å². The summed E-state index contributed by atoms with van der Waals surface area (Å²) in [4.78, 5) is 2.17. The van der Waals surface area contributed by atoms with E-state index in [2.05, 4.69) is 10.2 Å². The maximum absolute atomic E-state index is 13.4. The summed E-state index contributed by atoms with van der Waals surface area (Å²) in [5.74, 6) is -0.208. The van der Waals surface area contributed by atoms with Crippen LogP contribution in [0.5, 0.6) is 0 Å². The van der Waals surface area contributed by atoms with Gasteiger partial charge in [-0.2, -0.15) is 0 Å². The van der Waals surface area contributed by atoms with Crippen LogP contribution in [0.3, 0.4) is 0 Å². The maximum atomic E-state index is 13.4. The van der Waals surface area contributed by atoms with Crippen molar-refractivity contribution in [2.24, 2.45) is 0 Å². The molecule has 1 aromatic carbocycles. The molecular weight excluding hydrogens is 259 g/mol. The molecule has 0 aromatic heterocycles. The van der Waals surface area contributed by atoms with E-state index < -0.39 is 0 Å². The quantitative estimate of drug-likeness (QED) is 0.713. The molecule has 0 bridgehead atoms. The fourth-order valence-electron chi connectivity index (χ4n) is 2.02. The van der Waals surface area contributed by atoms with E-state index in [1.807, 2.05) is 13.0 Å². The monoisotopic (exact) mass is 284 g/mol. The Bertz CT molecular complexity index is 380. The van der Waals surface area contributed by atoms with E-state index in [9.17, 15) is 4.39 Å². The van der Waals surface area contributed by atoms with Crippen molar-refractivity contribution in [3.05, 3.63) is 29.6 Å². The number of halogens is 1. The van der Waals surface area contributed by atoms with Gasteiger partial charge in [-0.05, 0) is 30.3 Å². The van der Waals surface area contributed by atoms with E-state index in [0.717, 1.165) is 30.9 Å². The third kappa shape index (κ3) is 5.45. The summed E-state index contributed by atoms with van der Waals surface area (Å²) in [7, 11) is 3.36. The van der Waals surface area contributed by atoms with Gasteiger partial charge >= 0.3 is 0 Å². The molecule has 0 spiro atoms. The van der Waals surface area contributed by atoms with Gasteiger partial charge in [0.1, 0.15) is 5.82 Å². The molecule has 1 N–H and O–H groups in total. The van der Waals surface area contributed by atoms with Crippen LogP contribution in [0, 0.1) is 5.82 Å². The first-order valence-corrected chi connectivity index (χ1v) is 6.94. The summed E-state index contributed by atoms with van der Waals surface area (Å²) in [5, 5.41) is 3.24. The van der Waals surface area contributed by atoms with Crippen molar-refractivity contribution in [2.45, 2.75) is 13.5 Å². The van der Waals surface area contributed by atoms with Gasteiger partial charge in [0.05, 0.1) is 13.2 Å². The van der Waals surface area contributed by atoms with Crippen LogP contribution in [0.15, 0.2) is 18.2 Å². The number of ether oxygens (including phenoxy) is 2. The van der Waals surface area contributed by atoms with Crippen LogP contribution in [-0.4, -0.2) is 47.1 Å². The molecule has 5 heteroatoms. The lowest BCUT2D eigenvalue weighted by atomic mass is 10.1. The van der Waals surface area contributed by atoms with Gasteiger partial charge in [0.2, 0.25) is 0 Å². The van der Waals surface area contributed by atoms with Crippen molar-refractivity contribution in [1.29, 1.82) is 0 Å². The van der Waals surface area contributed by atoms with E-state index in [1.165, 1.54) is 6.07 Å². The fraction of sp³-hybridized carbons (Fsp3) is 0.600. The molecule has 0 aliphatic heterocycles. The van der Waals surface area contributed by atoms with E-state index >= 15 is 0 Å². The molecule has 0 aliphatic rings. The molecule has 1 aromatic rings. The first-order chi connectivity index (χ1) is 9.72. The molecule has 114 valence electrons. The van der Waals surface area contributed by atoms with Crippen LogP contribution in [0.4, 0.5) is 10.1 Å². The summed E-state index contributed by atoms with van der Waals surface area (Å²) in [6.07, 6.45) is 0. The number of nitrogens with one attached hydrogen (secondary N) is 1. The smallest absolute Gasteiger partial charge is 0.123 e. The Morgan fingerprint density at radius 2 is 1.80 bits per heavy atom. The molecular formula is C15H25FN2O2. The van der Waals surface area contributed by atoms with Crippen LogP contribution in [-0.2, 0) is 16.0 Å². The van der Waals surface area contributed by atoms with E-state index in [0.29, 0.717) is 19.8 Å². The highest BCUT2D eigenvalue weighted by atomic mass is 19.1. The molecule has 0 radical (unpaired) electrons. The van der Waals surface area contributed by atoms with E-state index in [-0.39, 0.29) is 5.82 Å². The summed E-state index contributed by atoms with van der Waals surface area (Å²) < 4.78 is 23.7. The Hall–Kier alpha value is -1.17. The predicted molar refractivity (Wildman–Crippen MR) is 79.7 cm³/mol. The number of anilines is 1. The molecule has 0 saturated heterocycles. The van der Waals surface area contributed by atoms with Gasteiger partial charge in [0, 0.05) is 39.5 Å². The highest BCUT2D eigenvalue weighted by molar-refractivity contribution is 5.54. The first-order valence-electron chi connectivity index (χ1n) is 6.94. The van der Waals surface area contributed by atoms with Crippen molar-refractivity contribution in [2.75, 3.05) is 52.0 Å². The van der Waals surface area contributed by atoms with Crippen molar-refractivity contribution >= 4 is 5.69 Å². The molecule has 20 heavy (non-hydrogen) atoms. The zero-order chi connectivity index (χ0) is 14.8. The Morgan fingerprint density at radius 3 is 2.35 bits per heavy atom. The average Bonchev–Trinajstić information content (AvgIpc) is 2.46. The minimum atomic E-state index is -0.208. The normalized spacial score (nSPS) is 10.8. The minimum Gasteiger partial charge on any atom is -0.383 e. The van der Waals surface area contributed by atoms with Gasteiger partial charge in [-0.15, -0.1) is 0 Å². The SMILES string of the molecule is CCNCc1cc(F)ccc1N(CCOC)CCOC. The van der Waals surface area contributed by atoms with Gasteiger partial charge in [-0.25, -0.2) is 4.39 Å². The lowest BCUT2D eigenvalue weighted by Gasteiger charge is -2.27. The second-order valence-corrected chi connectivity index (χ2v) is 4.53. The van der Waals surface area contributed by atoms with Gasteiger partial charge in [0.15, 0.2) is 0 Å². The molecule has 0 saturated carbocycles. The second kappa shape index (κ2) is 9.69. The number of benzene rings is 1. The largest absolute Gasteiger partial charge is 0.383 e. The molecule has 0 aliphatic carbocycles. The Morgan fingerprint density at radius 1 is 1.15 bits per heavy atom. The Labute approximate surface area is 120 Å². The number of rotatable bonds is 10. The molecule has 0 unspecified atom stereocenters. The Kier molecular flexibility index (Phi) is 8.18. The molecule has 0 atom stereocenters. The van der Waals surface area contributed by atoms with Crippen molar-refractivity contribution in [3.63, 3.8) is 0 Å². The third-order valence-electron chi connectivity index (χ3n) is 3.08. The standard InChI is InChI=1S/C15H25FN2O2/c1-4-17-12-13-11-14(16)5-6-15(13)18(7-9-19-2)8-10-20-3/h5-6,11,17H,4,7-10,12H2,1-3H3. The number of hydrogen-bond acceptors (Lipinski definition) is 4. The van der Waals surface area contributed by atoms with E-state index in [1.54, 1.807) is 20.3 Å². The van der Waals surface area contributed by atoms with Crippen molar-refractivity contribution in [1.82, 2.24) is 5.32 Å². The first kappa shape index (κ1) is 16.9. The fourth-order valence-corrected chi connectivity index (χ4v) is 2.02. The van der Waals surface area contributed by atoms with Crippen LogP contribution in [0.1, 0.15) is 12.5 Å². The van der Waals surface area contributed by atoms with Crippen LogP contribution in [0.25, 0.3) is 0 Å². The van der Waals surface area contributed by atoms with Crippen molar-refractivity contribution < 1.29 is 13.9 Å². The lowest BCUT2D eigenvalue weighted by molar-refractivity contribution is 0.190. The molecule has 0 fully saturated rings. The number of methoxy groups -OCH3 is 2. The zero-order valence-corrected chi connectivity index (χ0v) is 12.6. The molecule has 0 amide bonds. The van der Waals surface area contributed by atoms with E-state index in [4.69, 9.17) is 9.47 Å². The van der Waals surface area contributed by atoms with Gasteiger partial charge in [-0.1, -0.05) is 6.92 Å². The summed E-state index contributed by atoms with van der Waals surface area (Å²) in [6, 6.07) is 4.91. The molecule has 1 rings (SSSR count). The minimum absolute atomic E-state index is 0.208. The van der Waals surface area contributed by atoms with Gasteiger partial charge in [0.25, 0.3) is 0 Å². The van der Waals surface area contributed by atoms with Crippen LogP contribution < -0.4 is 10.2 Å². The summed E-state index contributed by atoms with van der Waals surface area (Å²) in [6.45, 7) is 6.30. The maximum Gasteiger partial charge on any atom is 0.123 e. The average molecular weight is 284 g/mol. The number of hydrogen-bond donors (Lipinski definition) is 1.